The SMILES string of the molecule is CC.CC.CCN(CC)C1CCC1.CN1CCCC1(C)C. The summed E-state index contributed by atoms with van der Waals surface area (Å²) in [6.45, 7) is 20.9. The number of hydrogen-bond donors (Lipinski definition) is 0. The second-order valence-corrected chi connectivity index (χ2v) is 6.14. The molecule has 130 valence electrons. The third-order valence-electron chi connectivity index (χ3n) is 4.72. The van der Waals surface area contributed by atoms with Crippen LogP contribution < -0.4 is 0 Å². The van der Waals surface area contributed by atoms with Crippen molar-refractivity contribution in [1.29, 1.82) is 0 Å². The van der Waals surface area contributed by atoms with E-state index in [1.807, 2.05) is 27.7 Å². The molecule has 0 atom stereocenters. The van der Waals surface area contributed by atoms with Crippen LogP contribution in [0.5, 0.6) is 0 Å². The zero-order chi connectivity index (χ0) is 16.9. The van der Waals surface area contributed by atoms with E-state index in [-0.39, 0.29) is 0 Å². The van der Waals surface area contributed by atoms with Gasteiger partial charge in [-0.1, -0.05) is 48.0 Å². The molecule has 2 fully saturated rings. The lowest BCUT2D eigenvalue weighted by Crippen LogP contribution is -2.39. The molecule has 1 aliphatic heterocycles. The predicted molar refractivity (Wildman–Crippen MR) is 99.2 cm³/mol. The Kier molecular flexibility index (Phi) is 15.0. The summed E-state index contributed by atoms with van der Waals surface area (Å²) in [6, 6.07) is 0.944. The van der Waals surface area contributed by atoms with Crippen LogP contribution in [0.25, 0.3) is 0 Å². The fourth-order valence-corrected chi connectivity index (χ4v) is 2.73. The maximum atomic E-state index is 2.56. The molecule has 2 aliphatic rings. The first-order valence-corrected chi connectivity index (χ1v) is 9.46. The molecule has 2 rings (SSSR count). The van der Waals surface area contributed by atoms with Gasteiger partial charge in [-0.05, 0) is 66.2 Å². The van der Waals surface area contributed by atoms with Gasteiger partial charge in [-0.3, -0.25) is 0 Å². The predicted octanol–water partition coefficient (Wildman–Crippen LogP) is 5.42. The molecule has 0 aromatic rings. The van der Waals surface area contributed by atoms with E-state index in [1.165, 1.54) is 51.7 Å². The van der Waals surface area contributed by atoms with Crippen molar-refractivity contribution in [2.75, 3.05) is 26.7 Å². The molecule has 0 aromatic carbocycles. The van der Waals surface area contributed by atoms with Crippen molar-refractivity contribution in [2.24, 2.45) is 0 Å². The minimum atomic E-state index is 0.486. The van der Waals surface area contributed by atoms with Crippen molar-refractivity contribution >= 4 is 0 Å². The van der Waals surface area contributed by atoms with E-state index in [0.717, 1.165) is 6.04 Å². The Bertz CT molecular complexity index is 206. The van der Waals surface area contributed by atoms with Crippen LogP contribution in [0.4, 0.5) is 0 Å². The summed E-state index contributed by atoms with van der Waals surface area (Å²) in [6.07, 6.45) is 7.09. The molecule has 2 heteroatoms. The normalized spacial score (nSPS) is 20.3. The summed E-state index contributed by atoms with van der Waals surface area (Å²) in [5.41, 5.74) is 0.486. The van der Waals surface area contributed by atoms with Gasteiger partial charge in [0.25, 0.3) is 0 Å². The molecule has 0 bridgehead atoms. The summed E-state index contributed by atoms with van der Waals surface area (Å²) in [7, 11) is 2.20. The van der Waals surface area contributed by atoms with Gasteiger partial charge >= 0.3 is 0 Å². The van der Waals surface area contributed by atoms with Crippen LogP contribution in [-0.2, 0) is 0 Å². The molecule has 0 radical (unpaired) electrons. The average molecular weight is 301 g/mol. The van der Waals surface area contributed by atoms with E-state index < -0.39 is 0 Å². The molecule has 21 heavy (non-hydrogen) atoms. The highest BCUT2D eigenvalue weighted by molar-refractivity contribution is 4.84. The van der Waals surface area contributed by atoms with E-state index in [2.05, 4.69) is 44.5 Å². The Morgan fingerprint density at radius 2 is 1.43 bits per heavy atom. The molecule has 2 nitrogen and oxygen atoms in total. The van der Waals surface area contributed by atoms with Crippen molar-refractivity contribution in [3.05, 3.63) is 0 Å². The molecule has 0 spiro atoms. The van der Waals surface area contributed by atoms with E-state index in [0.29, 0.717) is 5.54 Å². The molecule has 1 aliphatic carbocycles. The summed E-state index contributed by atoms with van der Waals surface area (Å²) in [4.78, 5) is 4.98. The van der Waals surface area contributed by atoms with Gasteiger partial charge in [-0.15, -0.1) is 0 Å². The average Bonchev–Trinajstić information content (AvgIpc) is 2.77. The Morgan fingerprint density at radius 1 is 0.952 bits per heavy atom. The number of rotatable bonds is 3. The van der Waals surface area contributed by atoms with E-state index in [1.54, 1.807) is 0 Å². The standard InChI is InChI=1S/C8H17N.C7H15N.2C2H6/c1-3-9(4-2)8-6-5-7-8;1-7(2)5-4-6-8(7)3;2*1-2/h8H,3-7H2,1-2H3;4-6H2,1-3H3;2*1-2H3. The van der Waals surface area contributed by atoms with Crippen molar-refractivity contribution in [3.63, 3.8) is 0 Å². The van der Waals surface area contributed by atoms with Gasteiger partial charge in [0.1, 0.15) is 0 Å². The third-order valence-corrected chi connectivity index (χ3v) is 4.72. The molecule has 1 heterocycles. The van der Waals surface area contributed by atoms with Gasteiger partial charge in [0.15, 0.2) is 0 Å². The second kappa shape index (κ2) is 13.6. The summed E-state index contributed by atoms with van der Waals surface area (Å²) in [5, 5.41) is 0. The van der Waals surface area contributed by atoms with Crippen LogP contribution in [0.15, 0.2) is 0 Å². The molecule has 0 unspecified atom stereocenters. The third kappa shape index (κ3) is 8.83. The van der Waals surface area contributed by atoms with E-state index >= 15 is 0 Å². The van der Waals surface area contributed by atoms with Crippen LogP contribution in [0.1, 0.15) is 87.5 Å². The summed E-state index contributed by atoms with van der Waals surface area (Å²) >= 11 is 0. The summed E-state index contributed by atoms with van der Waals surface area (Å²) < 4.78 is 0. The largest absolute Gasteiger partial charge is 0.301 e. The second-order valence-electron chi connectivity index (χ2n) is 6.14. The molecule has 0 aromatic heterocycles. The van der Waals surface area contributed by atoms with Gasteiger partial charge in [0.05, 0.1) is 0 Å². The van der Waals surface area contributed by atoms with Gasteiger partial charge in [-0.2, -0.15) is 0 Å². The van der Waals surface area contributed by atoms with Crippen LogP contribution in [0.2, 0.25) is 0 Å². The first-order valence-electron chi connectivity index (χ1n) is 9.46. The summed E-state index contributed by atoms with van der Waals surface area (Å²) in [5.74, 6) is 0. The maximum Gasteiger partial charge on any atom is 0.0150 e. The van der Waals surface area contributed by atoms with Gasteiger partial charge in [-0.25, -0.2) is 0 Å². The zero-order valence-corrected chi connectivity index (χ0v) is 16.6. The lowest BCUT2D eigenvalue weighted by atomic mass is 9.91. The van der Waals surface area contributed by atoms with Crippen LogP contribution in [0, 0.1) is 0 Å². The number of likely N-dealkylation sites (tertiary alicyclic amines) is 1. The first-order chi connectivity index (χ1) is 10.0. The van der Waals surface area contributed by atoms with Crippen molar-refractivity contribution in [3.8, 4) is 0 Å². The van der Waals surface area contributed by atoms with Gasteiger partial charge in [0.2, 0.25) is 0 Å². The Morgan fingerprint density at radius 3 is 1.52 bits per heavy atom. The van der Waals surface area contributed by atoms with Crippen LogP contribution in [-0.4, -0.2) is 48.1 Å². The topological polar surface area (TPSA) is 6.48 Å². The quantitative estimate of drug-likeness (QED) is 0.686. The Labute approximate surface area is 136 Å². The van der Waals surface area contributed by atoms with Gasteiger partial charge < -0.3 is 9.80 Å². The smallest absolute Gasteiger partial charge is 0.0150 e. The van der Waals surface area contributed by atoms with E-state index in [9.17, 15) is 0 Å². The van der Waals surface area contributed by atoms with E-state index in [4.69, 9.17) is 0 Å². The lowest BCUT2D eigenvalue weighted by Gasteiger charge is -2.35. The highest BCUT2D eigenvalue weighted by Crippen LogP contribution is 2.25. The highest BCUT2D eigenvalue weighted by Gasteiger charge is 2.27. The van der Waals surface area contributed by atoms with Gasteiger partial charge in [0, 0.05) is 11.6 Å². The Hall–Kier alpha value is -0.0800. The van der Waals surface area contributed by atoms with Crippen LogP contribution in [0.3, 0.4) is 0 Å². The molecule has 0 amide bonds. The molecule has 1 saturated heterocycles. The fourth-order valence-electron chi connectivity index (χ4n) is 2.73. The number of hydrogen-bond acceptors (Lipinski definition) is 2. The zero-order valence-electron chi connectivity index (χ0n) is 16.6. The fraction of sp³-hybridized carbons (Fsp3) is 1.00. The Balaban J connectivity index is 0. The van der Waals surface area contributed by atoms with Crippen molar-refractivity contribution in [2.45, 2.75) is 99.1 Å². The minimum absolute atomic E-state index is 0.486. The molecule has 1 saturated carbocycles. The molecular weight excluding hydrogens is 256 g/mol. The molecular formula is C19H44N2. The minimum Gasteiger partial charge on any atom is -0.301 e. The van der Waals surface area contributed by atoms with Crippen molar-refractivity contribution in [1.82, 2.24) is 9.80 Å². The number of nitrogens with zero attached hydrogens (tertiary/aromatic N) is 2. The van der Waals surface area contributed by atoms with Crippen LogP contribution >= 0.6 is 0 Å². The van der Waals surface area contributed by atoms with Crippen molar-refractivity contribution < 1.29 is 0 Å². The lowest BCUT2D eigenvalue weighted by molar-refractivity contribution is 0.141. The molecule has 0 N–H and O–H groups in total. The maximum absolute atomic E-state index is 2.56. The monoisotopic (exact) mass is 300 g/mol. The highest BCUT2D eigenvalue weighted by atomic mass is 15.2. The first kappa shape index (κ1) is 23.2.